The minimum absolute atomic E-state index is 0.000219. The zero-order valence-corrected chi connectivity index (χ0v) is 14.3. The molecule has 6 nitrogen and oxygen atoms in total. The van der Waals surface area contributed by atoms with Crippen molar-refractivity contribution in [3.63, 3.8) is 0 Å². The molecule has 1 fully saturated rings. The summed E-state index contributed by atoms with van der Waals surface area (Å²) >= 11 is 0. The molecule has 2 aromatic rings. The minimum Gasteiger partial charge on any atom is -0.380 e. The Bertz CT molecular complexity index is 721. The molecule has 2 heterocycles. The molecule has 0 spiro atoms. The monoisotopic (exact) mass is 347 g/mol. The fraction of sp³-hybridized carbons (Fsp3) is 0.444. The van der Waals surface area contributed by atoms with E-state index in [9.17, 15) is 14.3 Å². The largest absolute Gasteiger partial charge is 0.380 e. The third-order valence-electron chi connectivity index (χ3n) is 4.26. The van der Waals surface area contributed by atoms with E-state index in [2.05, 4.69) is 4.98 Å². The summed E-state index contributed by atoms with van der Waals surface area (Å²) in [5.41, 5.74) is 0.523. The van der Waals surface area contributed by atoms with Crippen molar-refractivity contribution in [2.45, 2.75) is 38.7 Å². The van der Waals surface area contributed by atoms with Gasteiger partial charge in [-0.1, -0.05) is 12.1 Å². The fourth-order valence-electron chi connectivity index (χ4n) is 3.12. The second kappa shape index (κ2) is 7.33. The van der Waals surface area contributed by atoms with Gasteiger partial charge in [0.25, 0.3) is 0 Å². The highest BCUT2D eigenvalue weighted by molar-refractivity contribution is 5.76. The first kappa shape index (κ1) is 17.6. The van der Waals surface area contributed by atoms with E-state index in [1.54, 1.807) is 21.9 Å². The van der Waals surface area contributed by atoms with Crippen molar-refractivity contribution in [2.24, 2.45) is 0 Å². The van der Waals surface area contributed by atoms with Crippen molar-refractivity contribution in [2.75, 3.05) is 13.1 Å². The molecule has 1 aliphatic heterocycles. The maximum atomic E-state index is 13.1. The zero-order chi connectivity index (χ0) is 18.0. The molecule has 0 aliphatic carbocycles. The Hall–Kier alpha value is -2.25. The van der Waals surface area contributed by atoms with E-state index in [0.717, 1.165) is 0 Å². The lowest BCUT2D eigenvalue weighted by Crippen LogP contribution is -2.49. The fourth-order valence-corrected chi connectivity index (χ4v) is 3.12. The summed E-state index contributed by atoms with van der Waals surface area (Å²) in [4.78, 5) is 18.5. The number of halogens is 1. The van der Waals surface area contributed by atoms with Crippen molar-refractivity contribution in [1.29, 1.82) is 0 Å². The summed E-state index contributed by atoms with van der Waals surface area (Å²) < 4.78 is 20.3. The van der Waals surface area contributed by atoms with E-state index >= 15 is 0 Å². The predicted octanol–water partition coefficient (Wildman–Crippen LogP) is 1.74. The number of nitrogens with zero attached hydrogens (tertiary/aromatic N) is 3. The van der Waals surface area contributed by atoms with Crippen LogP contribution in [0.3, 0.4) is 0 Å². The molecule has 134 valence electrons. The summed E-state index contributed by atoms with van der Waals surface area (Å²) in [7, 11) is 0. The molecule has 1 amide bonds. The van der Waals surface area contributed by atoms with Crippen molar-refractivity contribution in [1.82, 2.24) is 14.5 Å². The van der Waals surface area contributed by atoms with Crippen LogP contribution in [0.4, 0.5) is 4.39 Å². The van der Waals surface area contributed by atoms with Gasteiger partial charge in [-0.3, -0.25) is 4.79 Å². The molecule has 1 saturated heterocycles. The number of amides is 1. The van der Waals surface area contributed by atoms with Gasteiger partial charge < -0.3 is 19.3 Å². The van der Waals surface area contributed by atoms with Crippen LogP contribution in [-0.4, -0.2) is 50.8 Å². The first-order chi connectivity index (χ1) is 11.9. The number of aromatic nitrogens is 2. The smallest absolute Gasteiger partial charge is 0.242 e. The van der Waals surface area contributed by atoms with E-state index < -0.39 is 6.10 Å². The zero-order valence-electron chi connectivity index (χ0n) is 14.3. The number of hydrogen-bond acceptors (Lipinski definition) is 4. The van der Waals surface area contributed by atoms with Crippen LogP contribution in [0.5, 0.6) is 0 Å². The Labute approximate surface area is 145 Å². The molecule has 3 atom stereocenters. The van der Waals surface area contributed by atoms with Crippen LogP contribution in [0.25, 0.3) is 0 Å². The molecule has 1 aliphatic rings. The molecule has 0 bridgehead atoms. The molecule has 7 heteroatoms. The SMILES string of the molecule is C[C@@H]1CN(C(=O)Cn2ccnc2[C@H](O)c2ccc(F)cc2)C[C@@H](C)O1. The average molecular weight is 347 g/mol. The Morgan fingerprint density at radius 2 is 1.96 bits per heavy atom. The third kappa shape index (κ3) is 4.05. The minimum atomic E-state index is -1.02. The third-order valence-corrected chi connectivity index (χ3v) is 4.26. The maximum Gasteiger partial charge on any atom is 0.242 e. The first-order valence-electron chi connectivity index (χ1n) is 8.32. The summed E-state index contributed by atoms with van der Waals surface area (Å²) in [5.74, 6) is -0.0631. The lowest BCUT2D eigenvalue weighted by Gasteiger charge is -2.35. The first-order valence-corrected chi connectivity index (χ1v) is 8.32. The van der Waals surface area contributed by atoms with Gasteiger partial charge in [0, 0.05) is 25.5 Å². The molecule has 0 radical (unpaired) electrons. The van der Waals surface area contributed by atoms with Crippen molar-refractivity contribution >= 4 is 5.91 Å². The van der Waals surface area contributed by atoms with Crippen LogP contribution in [0.2, 0.25) is 0 Å². The van der Waals surface area contributed by atoms with E-state index in [1.807, 2.05) is 13.8 Å². The predicted molar refractivity (Wildman–Crippen MR) is 89.3 cm³/mol. The van der Waals surface area contributed by atoms with Crippen molar-refractivity contribution in [3.8, 4) is 0 Å². The van der Waals surface area contributed by atoms with E-state index in [1.165, 1.54) is 24.3 Å². The lowest BCUT2D eigenvalue weighted by molar-refractivity contribution is -0.143. The number of morpholine rings is 1. The second-order valence-corrected chi connectivity index (χ2v) is 6.42. The number of benzene rings is 1. The Morgan fingerprint density at radius 3 is 2.60 bits per heavy atom. The van der Waals surface area contributed by atoms with E-state index in [0.29, 0.717) is 24.5 Å². The van der Waals surface area contributed by atoms with Gasteiger partial charge in [0.15, 0.2) is 0 Å². The highest BCUT2D eigenvalue weighted by atomic mass is 19.1. The molecule has 3 rings (SSSR count). The Balaban J connectivity index is 1.73. The standard InChI is InChI=1S/C18H22FN3O3/c1-12-9-22(10-13(2)25-12)16(23)11-21-8-7-20-18(21)17(24)14-3-5-15(19)6-4-14/h3-8,12-13,17,24H,9-11H2,1-2H3/t12-,13-,17-/m1/s1. The summed E-state index contributed by atoms with van der Waals surface area (Å²) in [6.45, 7) is 5.07. The number of imidazole rings is 1. The van der Waals surface area contributed by atoms with Crippen LogP contribution in [0.1, 0.15) is 31.3 Å². The Kier molecular flexibility index (Phi) is 5.15. The number of carbonyl (C=O) groups is 1. The summed E-state index contributed by atoms with van der Waals surface area (Å²) in [6.07, 6.45) is 2.18. The average Bonchev–Trinajstić information content (AvgIpc) is 3.02. The number of ether oxygens (including phenoxy) is 1. The van der Waals surface area contributed by atoms with E-state index in [4.69, 9.17) is 4.74 Å². The molecule has 0 saturated carbocycles. The quantitative estimate of drug-likeness (QED) is 0.915. The summed E-state index contributed by atoms with van der Waals surface area (Å²) in [6, 6.07) is 5.58. The number of rotatable bonds is 4. The number of hydrogen-bond donors (Lipinski definition) is 1. The van der Waals surface area contributed by atoms with Gasteiger partial charge >= 0.3 is 0 Å². The van der Waals surface area contributed by atoms with Crippen molar-refractivity contribution in [3.05, 3.63) is 53.9 Å². The lowest BCUT2D eigenvalue weighted by atomic mass is 10.1. The highest BCUT2D eigenvalue weighted by Crippen LogP contribution is 2.21. The van der Waals surface area contributed by atoms with Crippen LogP contribution >= 0.6 is 0 Å². The van der Waals surface area contributed by atoms with Crippen LogP contribution in [-0.2, 0) is 16.1 Å². The molecular weight excluding hydrogens is 325 g/mol. The number of aliphatic hydroxyl groups excluding tert-OH is 1. The van der Waals surface area contributed by atoms with Crippen LogP contribution in [0, 0.1) is 5.82 Å². The van der Waals surface area contributed by atoms with Gasteiger partial charge in [0.2, 0.25) is 5.91 Å². The molecule has 25 heavy (non-hydrogen) atoms. The Morgan fingerprint density at radius 1 is 1.32 bits per heavy atom. The summed E-state index contributed by atoms with van der Waals surface area (Å²) in [5, 5.41) is 10.5. The number of aliphatic hydroxyl groups is 1. The highest BCUT2D eigenvalue weighted by Gasteiger charge is 2.27. The number of carbonyl (C=O) groups excluding carboxylic acids is 1. The van der Waals surface area contributed by atoms with E-state index in [-0.39, 0.29) is 30.5 Å². The van der Waals surface area contributed by atoms with Gasteiger partial charge in [-0.25, -0.2) is 9.37 Å². The molecule has 0 unspecified atom stereocenters. The van der Waals surface area contributed by atoms with Crippen LogP contribution in [0.15, 0.2) is 36.7 Å². The molecular formula is C18H22FN3O3. The van der Waals surface area contributed by atoms with Crippen molar-refractivity contribution < 1.29 is 19.0 Å². The normalized spacial score (nSPS) is 22.0. The van der Waals surface area contributed by atoms with Crippen LogP contribution < -0.4 is 0 Å². The molecule has 1 aromatic heterocycles. The van der Waals surface area contributed by atoms with Gasteiger partial charge in [0.05, 0.1) is 12.2 Å². The topological polar surface area (TPSA) is 67.6 Å². The second-order valence-electron chi connectivity index (χ2n) is 6.42. The molecule has 1 N–H and O–H groups in total. The van der Waals surface area contributed by atoms with Gasteiger partial charge in [-0.05, 0) is 31.5 Å². The molecule has 1 aromatic carbocycles. The van der Waals surface area contributed by atoms with Gasteiger partial charge in [-0.2, -0.15) is 0 Å². The maximum absolute atomic E-state index is 13.1. The van der Waals surface area contributed by atoms with Gasteiger partial charge in [-0.15, -0.1) is 0 Å². The van der Waals surface area contributed by atoms with Gasteiger partial charge in [0.1, 0.15) is 24.3 Å².